The summed E-state index contributed by atoms with van der Waals surface area (Å²) < 4.78 is 28.8. The normalized spacial score (nSPS) is 17.1. The van der Waals surface area contributed by atoms with Gasteiger partial charge in [-0.25, -0.2) is 14.5 Å². The molecule has 0 unspecified atom stereocenters. The fourth-order valence-electron chi connectivity index (χ4n) is 3.36. The van der Waals surface area contributed by atoms with Crippen molar-refractivity contribution in [1.29, 1.82) is 0 Å². The molecule has 0 atom stereocenters. The Morgan fingerprint density at radius 1 is 1.23 bits per heavy atom. The third-order valence-electron chi connectivity index (χ3n) is 4.93. The Morgan fingerprint density at radius 2 is 1.88 bits per heavy atom. The third-order valence-corrected chi connectivity index (χ3v) is 6.87. The van der Waals surface area contributed by atoms with Crippen LogP contribution in [0.4, 0.5) is 0 Å². The number of piperidine rings is 1. The van der Waals surface area contributed by atoms with Gasteiger partial charge in [0.1, 0.15) is 5.82 Å². The Bertz CT molecular complexity index is 924. The number of H-pyrrole nitrogens is 1. The second-order valence-electron chi connectivity index (χ2n) is 6.90. The summed E-state index contributed by atoms with van der Waals surface area (Å²) in [4.78, 5) is 12.2. The van der Waals surface area contributed by atoms with Crippen LogP contribution in [-0.4, -0.2) is 59.0 Å². The molecule has 142 valence electrons. The standard InChI is InChI=1S/C17H25N5O3S/c1-13-6-4-5-7-15(13)22-16(18-19-17(22)23)12-14-8-10-21(11-9-14)26(24,25)20(2)3/h4-7,14H,8-12H2,1-3H3,(H,19,23). The summed E-state index contributed by atoms with van der Waals surface area (Å²) in [7, 11) is -0.264. The van der Waals surface area contributed by atoms with Crippen LogP contribution in [0, 0.1) is 12.8 Å². The molecule has 9 heteroatoms. The largest absolute Gasteiger partial charge is 0.347 e. The van der Waals surface area contributed by atoms with Crippen molar-refractivity contribution >= 4 is 10.2 Å². The van der Waals surface area contributed by atoms with Crippen molar-refractivity contribution in [1.82, 2.24) is 23.4 Å². The molecule has 2 aromatic rings. The number of benzene rings is 1. The molecule has 0 saturated carbocycles. The zero-order valence-corrected chi connectivity index (χ0v) is 16.2. The number of para-hydroxylation sites is 1. The minimum absolute atomic E-state index is 0.248. The number of aryl methyl sites for hydroxylation is 1. The van der Waals surface area contributed by atoms with E-state index in [0.29, 0.717) is 31.3 Å². The van der Waals surface area contributed by atoms with Crippen LogP contribution < -0.4 is 5.69 Å². The van der Waals surface area contributed by atoms with E-state index in [1.165, 1.54) is 8.61 Å². The van der Waals surface area contributed by atoms with E-state index >= 15 is 0 Å². The number of aromatic nitrogens is 3. The molecular weight excluding hydrogens is 354 g/mol. The van der Waals surface area contributed by atoms with Crippen molar-refractivity contribution < 1.29 is 8.42 Å². The topological polar surface area (TPSA) is 91.3 Å². The van der Waals surface area contributed by atoms with Crippen LogP contribution in [0.5, 0.6) is 0 Å². The van der Waals surface area contributed by atoms with Crippen LogP contribution in [0.2, 0.25) is 0 Å². The van der Waals surface area contributed by atoms with Gasteiger partial charge in [-0.05, 0) is 37.3 Å². The zero-order chi connectivity index (χ0) is 18.9. The van der Waals surface area contributed by atoms with E-state index in [9.17, 15) is 13.2 Å². The van der Waals surface area contributed by atoms with Gasteiger partial charge in [0.2, 0.25) is 0 Å². The van der Waals surface area contributed by atoms with E-state index < -0.39 is 10.2 Å². The fraction of sp³-hybridized carbons (Fsp3) is 0.529. The van der Waals surface area contributed by atoms with Crippen LogP contribution in [0.15, 0.2) is 29.1 Å². The van der Waals surface area contributed by atoms with Gasteiger partial charge < -0.3 is 0 Å². The van der Waals surface area contributed by atoms with Gasteiger partial charge in [0, 0.05) is 33.6 Å². The molecule has 0 amide bonds. The summed E-state index contributed by atoms with van der Waals surface area (Å²) >= 11 is 0. The molecular formula is C17H25N5O3S. The van der Waals surface area contributed by atoms with E-state index in [4.69, 9.17) is 0 Å². The third kappa shape index (κ3) is 3.60. The number of hydrogen-bond donors (Lipinski definition) is 1. The van der Waals surface area contributed by atoms with E-state index in [-0.39, 0.29) is 5.69 Å². The molecule has 26 heavy (non-hydrogen) atoms. The molecule has 1 fully saturated rings. The first kappa shape index (κ1) is 18.8. The number of nitrogens with zero attached hydrogens (tertiary/aromatic N) is 4. The second-order valence-corrected chi connectivity index (χ2v) is 9.05. The van der Waals surface area contributed by atoms with Crippen molar-refractivity contribution in [3.8, 4) is 5.69 Å². The van der Waals surface area contributed by atoms with E-state index in [2.05, 4.69) is 10.2 Å². The van der Waals surface area contributed by atoms with Crippen LogP contribution in [0.1, 0.15) is 24.2 Å². The maximum atomic E-state index is 12.2. The van der Waals surface area contributed by atoms with Gasteiger partial charge in [0.25, 0.3) is 10.2 Å². The van der Waals surface area contributed by atoms with Crippen LogP contribution in [0.3, 0.4) is 0 Å². The van der Waals surface area contributed by atoms with Gasteiger partial charge in [-0.2, -0.15) is 22.1 Å². The van der Waals surface area contributed by atoms with Crippen LogP contribution in [0.25, 0.3) is 5.69 Å². The summed E-state index contributed by atoms with van der Waals surface area (Å²) in [6, 6.07) is 7.70. The lowest BCUT2D eigenvalue weighted by atomic mass is 9.94. The minimum Gasteiger partial charge on any atom is -0.247 e. The van der Waals surface area contributed by atoms with Crippen molar-refractivity contribution in [3.63, 3.8) is 0 Å². The van der Waals surface area contributed by atoms with Crippen LogP contribution in [-0.2, 0) is 16.6 Å². The number of hydrogen-bond acceptors (Lipinski definition) is 4. The number of nitrogens with one attached hydrogen (secondary N) is 1. The molecule has 1 aliphatic heterocycles. The summed E-state index contributed by atoms with van der Waals surface area (Å²) in [5.74, 6) is 0.986. The van der Waals surface area contributed by atoms with E-state index in [0.717, 1.165) is 24.1 Å². The Hall–Kier alpha value is -1.97. The van der Waals surface area contributed by atoms with Gasteiger partial charge >= 0.3 is 5.69 Å². The van der Waals surface area contributed by atoms with Gasteiger partial charge in [-0.3, -0.25) is 0 Å². The molecule has 0 spiro atoms. The molecule has 8 nitrogen and oxygen atoms in total. The average Bonchev–Trinajstić information content (AvgIpc) is 2.96. The highest BCUT2D eigenvalue weighted by Gasteiger charge is 2.30. The highest BCUT2D eigenvalue weighted by atomic mass is 32.2. The first-order valence-corrected chi connectivity index (χ1v) is 10.1. The Labute approximate surface area is 153 Å². The number of rotatable bonds is 5. The first-order valence-electron chi connectivity index (χ1n) is 8.70. The lowest BCUT2D eigenvalue weighted by Crippen LogP contribution is -2.44. The summed E-state index contributed by atoms with van der Waals surface area (Å²) in [6.45, 7) is 2.94. The molecule has 0 bridgehead atoms. The molecule has 1 aliphatic rings. The Morgan fingerprint density at radius 3 is 2.50 bits per heavy atom. The van der Waals surface area contributed by atoms with E-state index in [1.807, 2.05) is 31.2 Å². The van der Waals surface area contributed by atoms with Gasteiger partial charge in [0.05, 0.1) is 5.69 Å². The zero-order valence-electron chi connectivity index (χ0n) is 15.3. The summed E-state index contributed by atoms with van der Waals surface area (Å²) in [5, 5.41) is 6.75. The predicted octanol–water partition coefficient (Wildman–Crippen LogP) is 0.930. The van der Waals surface area contributed by atoms with Crippen LogP contribution >= 0.6 is 0 Å². The highest BCUT2D eigenvalue weighted by Crippen LogP contribution is 2.24. The van der Waals surface area contributed by atoms with Gasteiger partial charge in [0.15, 0.2) is 0 Å². The molecule has 1 aromatic heterocycles. The lowest BCUT2D eigenvalue weighted by molar-refractivity contribution is 0.259. The Balaban J connectivity index is 1.75. The predicted molar refractivity (Wildman–Crippen MR) is 99.5 cm³/mol. The maximum absolute atomic E-state index is 12.2. The highest BCUT2D eigenvalue weighted by molar-refractivity contribution is 7.86. The number of aromatic amines is 1. The molecule has 3 rings (SSSR count). The van der Waals surface area contributed by atoms with E-state index in [1.54, 1.807) is 18.7 Å². The SMILES string of the molecule is Cc1ccccc1-n1c(CC2CCN(S(=O)(=O)N(C)C)CC2)n[nH]c1=O. The molecule has 1 saturated heterocycles. The van der Waals surface area contributed by atoms with Crippen molar-refractivity contribution in [2.24, 2.45) is 5.92 Å². The second kappa shape index (κ2) is 7.34. The fourth-order valence-corrected chi connectivity index (χ4v) is 4.50. The van der Waals surface area contributed by atoms with Crippen molar-refractivity contribution in [2.75, 3.05) is 27.2 Å². The monoisotopic (exact) mass is 379 g/mol. The summed E-state index contributed by atoms with van der Waals surface area (Å²) in [6.07, 6.45) is 2.15. The first-order chi connectivity index (χ1) is 12.3. The minimum atomic E-state index is -3.36. The molecule has 2 heterocycles. The average molecular weight is 379 g/mol. The van der Waals surface area contributed by atoms with Crippen molar-refractivity contribution in [3.05, 3.63) is 46.1 Å². The molecule has 1 aromatic carbocycles. The maximum Gasteiger partial charge on any atom is 0.347 e. The quantitative estimate of drug-likeness (QED) is 0.837. The molecule has 1 N–H and O–H groups in total. The summed E-state index contributed by atoms with van der Waals surface area (Å²) in [5.41, 5.74) is 1.58. The Kier molecular flexibility index (Phi) is 5.31. The van der Waals surface area contributed by atoms with Crippen molar-refractivity contribution in [2.45, 2.75) is 26.2 Å². The molecule has 0 aliphatic carbocycles. The van der Waals surface area contributed by atoms with Gasteiger partial charge in [-0.15, -0.1) is 0 Å². The lowest BCUT2D eigenvalue weighted by Gasteiger charge is -2.32. The molecule has 0 radical (unpaired) electrons. The van der Waals surface area contributed by atoms with Gasteiger partial charge in [-0.1, -0.05) is 18.2 Å². The smallest absolute Gasteiger partial charge is 0.247 e.